The minimum Gasteiger partial charge on any atom is -0.493 e. The molecular formula is C18H17IN2O4S. The molecule has 0 atom stereocenters. The molecule has 0 radical (unpaired) electrons. The number of rotatable bonds is 7. The fourth-order valence-corrected chi connectivity index (χ4v) is 3.29. The first-order valence-electron chi connectivity index (χ1n) is 7.54. The number of halogens is 1. The van der Waals surface area contributed by atoms with Gasteiger partial charge in [-0.25, -0.2) is 0 Å². The van der Waals surface area contributed by atoms with E-state index in [9.17, 15) is 9.59 Å². The van der Waals surface area contributed by atoms with E-state index in [0.29, 0.717) is 23.7 Å². The summed E-state index contributed by atoms with van der Waals surface area (Å²) in [5.74, 6) is 0.0534. The Bertz CT molecular complexity index is 820. The Hall–Kier alpha value is -2.20. The van der Waals surface area contributed by atoms with Crippen LogP contribution in [0.3, 0.4) is 0 Å². The Morgan fingerprint density at radius 2 is 2.04 bits per heavy atom. The molecule has 136 valence electrons. The van der Waals surface area contributed by atoms with Gasteiger partial charge < -0.3 is 9.47 Å². The predicted molar refractivity (Wildman–Crippen MR) is 112 cm³/mol. The molecule has 2 amide bonds. The summed E-state index contributed by atoms with van der Waals surface area (Å²) in [4.78, 5) is 26.1. The Balaban J connectivity index is 2.44. The van der Waals surface area contributed by atoms with Crippen LogP contribution in [0.2, 0.25) is 0 Å². The highest BCUT2D eigenvalue weighted by Gasteiger charge is 2.32. The van der Waals surface area contributed by atoms with Gasteiger partial charge in [-0.3, -0.25) is 19.8 Å². The first-order chi connectivity index (χ1) is 12.4. The number of nitrogens with one attached hydrogen (secondary N) is 1. The fraction of sp³-hybridized carbons (Fsp3) is 0.167. The summed E-state index contributed by atoms with van der Waals surface area (Å²) in [6.07, 6.45) is 4.67. The van der Waals surface area contributed by atoms with Crippen LogP contribution in [-0.2, 0) is 9.59 Å². The standard InChI is InChI=1S/C18H17IN2O4S/c1-4-6-21-17(23)12(16(22)20-18(21)26)8-11-9-13(19)15(25-7-5-2)14(10-11)24-3/h4-5,8-10H,1-2,6-7H2,3H3,(H,20,22,26)/b12-8-. The van der Waals surface area contributed by atoms with Crippen molar-refractivity contribution in [1.82, 2.24) is 10.2 Å². The monoisotopic (exact) mass is 484 g/mol. The van der Waals surface area contributed by atoms with Gasteiger partial charge in [0.15, 0.2) is 16.6 Å². The van der Waals surface area contributed by atoms with Gasteiger partial charge in [0.25, 0.3) is 11.8 Å². The van der Waals surface area contributed by atoms with Crippen LogP contribution in [0.25, 0.3) is 6.08 Å². The molecule has 1 aromatic carbocycles. The molecule has 0 saturated carbocycles. The maximum Gasteiger partial charge on any atom is 0.265 e. The van der Waals surface area contributed by atoms with Gasteiger partial charge in [0, 0.05) is 6.54 Å². The van der Waals surface area contributed by atoms with Crippen LogP contribution in [0.5, 0.6) is 11.5 Å². The number of thiocarbonyl (C=S) groups is 1. The molecule has 2 rings (SSSR count). The van der Waals surface area contributed by atoms with Crippen LogP contribution in [0.4, 0.5) is 0 Å². The Morgan fingerprint density at radius 3 is 2.65 bits per heavy atom. The lowest BCUT2D eigenvalue weighted by atomic mass is 10.1. The van der Waals surface area contributed by atoms with E-state index >= 15 is 0 Å². The molecule has 0 spiro atoms. The first kappa shape index (κ1) is 20.1. The summed E-state index contributed by atoms with van der Waals surface area (Å²) < 4.78 is 11.7. The fourth-order valence-electron chi connectivity index (χ4n) is 2.26. The second-order valence-corrected chi connectivity index (χ2v) is 6.70. The highest BCUT2D eigenvalue weighted by molar-refractivity contribution is 14.1. The number of carbonyl (C=O) groups is 2. The first-order valence-corrected chi connectivity index (χ1v) is 9.02. The lowest BCUT2D eigenvalue weighted by molar-refractivity contribution is -0.128. The molecular weight excluding hydrogens is 467 g/mol. The zero-order valence-electron chi connectivity index (χ0n) is 14.1. The molecule has 8 heteroatoms. The summed E-state index contributed by atoms with van der Waals surface area (Å²) >= 11 is 7.14. The molecule has 1 fully saturated rings. The van der Waals surface area contributed by atoms with E-state index in [1.807, 2.05) is 0 Å². The van der Waals surface area contributed by atoms with Gasteiger partial charge in [0.05, 0.1) is 10.7 Å². The number of benzene rings is 1. The molecule has 0 bridgehead atoms. The molecule has 1 N–H and O–H groups in total. The third-order valence-corrected chi connectivity index (χ3v) is 4.53. The minimum absolute atomic E-state index is 0.0157. The average Bonchev–Trinajstić information content (AvgIpc) is 2.60. The van der Waals surface area contributed by atoms with Crippen LogP contribution in [0.1, 0.15) is 5.56 Å². The lowest BCUT2D eigenvalue weighted by Crippen LogP contribution is -2.53. The second-order valence-electron chi connectivity index (χ2n) is 5.16. The smallest absolute Gasteiger partial charge is 0.265 e. The number of nitrogens with zero attached hydrogens (tertiary/aromatic N) is 1. The summed E-state index contributed by atoms with van der Waals surface area (Å²) in [6, 6.07) is 3.48. The van der Waals surface area contributed by atoms with Crippen molar-refractivity contribution in [2.45, 2.75) is 0 Å². The molecule has 1 aliphatic rings. The van der Waals surface area contributed by atoms with E-state index in [4.69, 9.17) is 21.7 Å². The van der Waals surface area contributed by atoms with Crippen molar-refractivity contribution in [1.29, 1.82) is 0 Å². The summed E-state index contributed by atoms with van der Waals surface area (Å²) in [5.41, 5.74) is 0.611. The van der Waals surface area contributed by atoms with Crippen LogP contribution in [0.15, 0.2) is 43.0 Å². The Kier molecular flexibility index (Phi) is 6.92. The van der Waals surface area contributed by atoms with Crippen molar-refractivity contribution in [3.8, 4) is 11.5 Å². The van der Waals surface area contributed by atoms with Crippen molar-refractivity contribution in [2.24, 2.45) is 0 Å². The molecule has 1 saturated heterocycles. The topological polar surface area (TPSA) is 67.9 Å². The highest BCUT2D eigenvalue weighted by atomic mass is 127. The Labute approximate surface area is 170 Å². The zero-order chi connectivity index (χ0) is 19.3. The summed E-state index contributed by atoms with van der Waals surface area (Å²) in [5, 5.41) is 2.58. The van der Waals surface area contributed by atoms with Crippen LogP contribution >= 0.6 is 34.8 Å². The molecule has 0 unspecified atom stereocenters. The summed E-state index contributed by atoms with van der Waals surface area (Å²) in [7, 11) is 1.52. The van der Waals surface area contributed by atoms with E-state index in [0.717, 1.165) is 3.57 Å². The van der Waals surface area contributed by atoms with Crippen LogP contribution in [-0.4, -0.2) is 42.1 Å². The van der Waals surface area contributed by atoms with Gasteiger partial charge in [0.1, 0.15) is 12.2 Å². The molecule has 1 aliphatic heterocycles. The largest absolute Gasteiger partial charge is 0.493 e. The molecule has 1 heterocycles. The average molecular weight is 484 g/mol. The van der Waals surface area contributed by atoms with Crippen molar-refractivity contribution >= 4 is 57.8 Å². The number of methoxy groups -OCH3 is 1. The van der Waals surface area contributed by atoms with Gasteiger partial charge in [-0.05, 0) is 58.6 Å². The predicted octanol–water partition coefficient (Wildman–Crippen LogP) is 2.68. The van der Waals surface area contributed by atoms with Crippen molar-refractivity contribution in [3.05, 3.63) is 52.1 Å². The lowest BCUT2D eigenvalue weighted by Gasteiger charge is -2.27. The van der Waals surface area contributed by atoms with E-state index < -0.39 is 11.8 Å². The van der Waals surface area contributed by atoms with Gasteiger partial charge in [-0.1, -0.05) is 18.7 Å². The van der Waals surface area contributed by atoms with Gasteiger partial charge in [0.2, 0.25) is 0 Å². The molecule has 1 aromatic rings. The minimum atomic E-state index is -0.540. The van der Waals surface area contributed by atoms with E-state index in [1.54, 1.807) is 18.2 Å². The van der Waals surface area contributed by atoms with Crippen molar-refractivity contribution < 1.29 is 19.1 Å². The van der Waals surface area contributed by atoms with Gasteiger partial charge in [-0.15, -0.1) is 6.58 Å². The Morgan fingerprint density at radius 1 is 1.31 bits per heavy atom. The third-order valence-electron chi connectivity index (χ3n) is 3.41. The van der Waals surface area contributed by atoms with E-state index in [-0.39, 0.29) is 17.2 Å². The van der Waals surface area contributed by atoms with Crippen LogP contribution in [0, 0.1) is 3.57 Å². The van der Waals surface area contributed by atoms with Gasteiger partial charge in [-0.2, -0.15) is 0 Å². The van der Waals surface area contributed by atoms with E-state index in [1.165, 1.54) is 24.2 Å². The SMILES string of the molecule is C=CCOc1c(I)cc(/C=C2/C(=O)NC(=S)N(CC=C)C2=O)cc1OC. The van der Waals surface area contributed by atoms with Gasteiger partial charge >= 0.3 is 0 Å². The number of hydrogen-bond donors (Lipinski definition) is 1. The van der Waals surface area contributed by atoms with Crippen molar-refractivity contribution in [3.63, 3.8) is 0 Å². The van der Waals surface area contributed by atoms with E-state index in [2.05, 4.69) is 41.1 Å². The zero-order valence-corrected chi connectivity index (χ0v) is 17.1. The second kappa shape index (κ2) is 8.95. The molecule has 0 aromatic heterocycles. The maximum atomic E-state index is 12.6. The molecule has 0 aliphatic carbocycles. The number of carbonyl (C=O) groups excluding carboxylic acids is 2. The number of amides is 2. The van der Waals surface area contributed by atoms with Crippen LogP contribution < -0.4 is 14.8 Å². The molecule has 26 heavy (non-hydrogen) atoms. The summed E-state index contributed by atoms with van der Waals surface area (Å²) in [6.45, 7) is 7.76. The number of ether oxygens (including phenoxy) is 2. The number of hydrogen-bond acceptors (Lipinski definition) is 5. The quantitative estimate of drug-likeness (QED) is 0.212. The normalized spacial score (nSPS) is 15.7. The third kappa shape index (κ3) is 4.31. The highest BCUT2D eigenvalue weighted by Crippen LogP contribution is 2.34. The maximum absolute atomic E-state index is 12.6. The molecule has 6 nitrogen and oxygen atoms in total. The van der Waals surface area contributed by atoms with Crippen molar-refractivity contribution in [2.75, 3.05) is 20.3 Å².